The Labute approximate surface area is 99.0 Å². The second-order valence-electron chi connectivity index (χ2n) is 3.20. The Morgan fingerprint density at radius 2 is 2.18 bits per heavy atom. The third-order valence-corrected chi connectivity index (χ3v) is 2.47. The summed E-state index contributed by atoms with van der Waals surface area (Å²) in [4.78, 5) is 22.3. The molecule has 0 unspecified atom stereocenters. The van der Waals surface area contributed by atoms with Crippen molar-refractivity contribution in [3.05, 3.63) is 51.2 Å². The van der Waals surface area contributed by atoms with E-state index in [1.807, 2.05) is 0 Å². The molecule has 5 nitrogen and oxygen atoms in total. The number of halogens is 2. The molecule has 0 spiro atoms. The van der Waals surface area contributed by atoms with Gasteiger partial charge < -0.3 is 5.11 Å². The fourth-order valence-electron chi connectivity index (χ4n) is 1.39. The van der Waals surface area contributed by atoms with Gasteiger partial charge in [0, 0.05) is 6.20 Å². The summed E-state index contributed by atoms with van der Waals surface area (Å²) >= 11 is 5.76. The molecule has 0 amide bonds. The van der Waals surface area contributed by atoms with E-state index in [1.165, 1.54) is 12.1 Å². The van der Waals surface area contributed by atoms with Crippen LogP contribution in [0.2, 0.25) is 5.02 Å². The Bertz CT molecular complexity index is 627. The van der Waals surface area contributed by atoms with Crippen molar-refractivity contribution < 1.29 is 14.3 Å². The number of hydrogen-bond acceptors (Lipinski definition) is 2. The highest BCUT2D eigenvalue weighted by Crippen LogP contribution is 2.21. The topological polar surface area (TPSA) is 75.1 Å². The first-order chi connectivity index (χ1) is 8.02. The molecule has 17 heavy (non-hydrogen) atoms. The molecule has 0 fully saturated rings. The summed E-state index contributed by atoms with van der Waals surface area (Å²) in [5.74, 6) is -2.11. The van der Waals surface area contributed by atoms with E-state index in [9.17, 15) is 14.0 Å². The van der Waals surface area contributed by atoms with Crippen molar-refractivity contribution in [2.75, 3.05) is 0 Å². The third-order valence-electron chi connectivity index (χ3n) is 2.16. The van der Waals surface area contributed by atoms with Crippen LogP contribution >= 0.6 is 11.6 Å². The zero-order valence-corrected chi connectivity index (χ0v) is 9.03. The van der Waals surface area contributed by atoms with Crippen molar-refractivity contribution >= 4 is 17.6 Å². The van der Waals surface area contributed by atoms with Crippen LogP contribution in [0.4, 0.5) is 4.39 Å². The standard InChI is InChI=1S/C10H6ClFN2O3/c11-6-2-1-3-7(12)8(6)14-9(15)5(4-13-14)10(16)17/h1-4,13H,(H,16,17). The highest BCUT2D eigenvalue weighted by molar-refractivity contribution is 6.32. The number of aromatic amines is 1. The lowest BCUT2D eigenvalue weighted by Crippen LogP contribution is -2.21. The van der Waals surface area contributed by atoms with Crippen LogP contribution in [-0.2, 0) is 0 Å². The van der Waals surface area contributed by atoms with Gasteiger partial charge in [0.25, 0.3) is 5.56 Å². The van der Waals surface area contributed by atoms with Crippen molar-refractivity contribution in [2.24, 2.45) is 0 Å². The quantitative estimate of drug-likeness (QED) is 0.858. The van der Waals surface area contributed by atoms with Crippen molar-refractivity contribution in [3.63, 3.8) is 0 Å². The van der Waals surface area contributed by atoms with Crippen molar-refractivity contribution in [1.29, 1.82) is 0 Å². The molecule has 1 heterocycles. The van der Waals surface area contributed by atoms with E-state index >= 15 is 0 Å². The van der Waals surface area contributed by atoms with Gasteiger partial charge in [-0.25, -0.2) is 13.9 Å². The van der Waals surface area contributed by atoms with Crippen LogP contribution in [0, 0.1) is 5.82 Å². The molecule has 1 aromatic carbocycles. The number of aromatic carboxylic acids is 1. The van der Waals surface area contributed by atoms with Gasteiger partial charge in [0.15, 0.2) is 0 Å². The van der Waals surface area contributed by atoms with E-state index in [0.717, 1.165) is 16.9 Å². The molecule has 88 valence electrons. The molecular weight excluding hydrogens is 251 g/mol. The fraction of sp³-hybridized carbons (Fsp3) is 0. The van der Waals surface area contributed by atoms with Crippen LogP contribution in [0.15, 0.2) is 29.2 Å². The fourth-order valence-corrected chi connectivity index (χ4v) is 1.64. The van der Waals surface area contributed by atoms with Gasteiger partial charge in [0.1, 0.15) is 17.1 Å². The first-order valence-electron chi connectivity index (χ1n) is 4.50. The van der Waals surface area contributed by atoms with E-state index in [4.69, 9.17) is 16.7 Å². The van der Waals surface area contributed by atoms with E-state index in [0.29, 0.717) is 0 Å². The number of carboxylic acids is 1. The van der Waals surface area contributed by atoms with Crippen LogP contribution in [0.25, 0.3) is 5.69 Å². The molecule has 1 aromatic heterocycles. The summed E-state index contributed by atoms with van der Waals surface area (Å²) in [7, 11) is 0. The van der Waals surface area contributed by atoms with E-state index in [2.05, 4.69) is 5.10 Å². The first kappa shape index (κ1) is 11.4. The number of benzene rings is 1. The van der Waals surface area contributed by atoms with Gasteiger partial charge in [-0.15, -0.1) is 0 Å². The molecule has 2 N–H and O–H groups in total. The Balaban J connectivity index is 2.70. The molecule has 0 aliphatic carbocycles. The average Bonchev–Trinajstić information content (AvgIpc) is 2.61. The van der Waals surface area contributed by atoms with E-state index < -0.39 is 22.9 Å². The molecular formula is C10H6ClFN2O3. The highest BCUT2D eigenvalue weighted by Gasteiger charge is 2.17. The van der Waals surface area contributed by atoms with Crippen LogP contribution < -0.4 is 5.56 Å². The number of hydrogen-bond donors (Lipinski definition) is 2. The number of aromatic nitrogens is 2. The maximum Gasteiger partial charge on any atom is 0.342 e. The zero-order chi connectivity index (χ0) is 12.6. The summed E-state index contributed by atoms with van der Waals surface area (Å²) in [5.41, 5.74) is -1.56. The van der Waals surface area contributed by atoms with Crippen LogP contribution in [-0.4, -0.2) is 20.9 Å². The van der Waals surface area contributed by atoms with Gasteiger partial charge in [-0.05, 0) is 12.1 Å². The summed E-state index contributed by atoms with van der Waals surface area (Å²) in [6, 6.07) is 3.90. The SMILES string of the molecule is O=C(O)c1c[nH]n(-c2c(F)cccc2Cl)c1=O. The van der Waals surface area contributed by atoms with Crippen molar-refractivity contribution in [3.8, 4) is 5.69 Å². The smallest absolute Gasteiger partial charge is 0.342 e. The van der Waals surface area contributed by atoms with E-state index in [1.54, 1.807) is 0 Å². The number of para-hydroxylation sites is 1. The van der Waals surface area contributed by atoms with Crippen molar-refractivity contribution in [2.45, 2.75) is 0 Å². The molecule has 0 saturated carbocycles. The largest absolute Gasteiger partial charge is 0.477 e. The first-order valence-corrected chi connectivity index (χ1v) is 4.88. The maximum absolute atomic E-state index is 13.5. The molecule has 7 heteroatoms. The number of rotatable bonds is 2. The monoisotopic (exact) mass is 256 g/mol. The van der Waals surface area contributed by atoms with Gasteiger partial charge >= 0.3 is 5.97 Å². The number of carbonyl (C=O) groups is 1. The predicted octanol–water partition coefficient (Wildman–Crippen LogP) is 1.66. The lowest BCUT2D eigenvalue weighted by atomic mass is 10.3. The molecule has 0 aliphatic rings. The second-order valence-corrected chi connectivity index (χ2v) is 3.61. The van der Waals surface area contributed by atoms with E-state index in [-0.39, 0.29) is 10.7 Å². The summed E-state index contributed by atoms with van der Waals surface area (Å²) < 4.78 is 14.3. The number of nitrogens with one attached hydrogen (secondary N) is 1. The summed E-state index contributed by atoms with van der Waals surface area (Å²) in [6.07, 6.45) is 0.980. The second kappa shape index (κ2) is 4.06. The molecule has 0 radical (unpaired) electrons. The molecule has 0 saturated heterocycles. The summed E-state index contributed by atoms with van der Waals surface area (Å²) in [5, 5.41) is 11.1. The minimum absolute atomic E-state index is 0.00545. The Kier molecular flexibility index (Phi) is 2.72. The van der Waals surface area contributed by atoms with Gasteiger partial charge in [0.05, 0.1) is 5.02 Å². The van der Waals surface area contributed by atoms with Crippen LogP contribution in [0.3, 0.4) is 0 Å². The summed E-state index contributed by atoms with van der Waals surface area (Å²) in [6.45, 7) is 0. The highest BCUT2D eigenvalue weighted by atomic mass is 35.5. The Morgan fingerprint density at radius 1 is 1.47 bits per heavy atom. The minimum atomic E-state index is -1.39. The lowest BCUT2D eigenvalue weighted by Gasteiger charge is -2.04. The molecule has 2 rings (SSSR count). The predicted molar refractivity (Wildman–Crippen MR) is 58.3 cm³/mol. The van der Waals surface area contributed by atoms with Gasteiger partial charge in [-0.1, -0.05) is 17.7 Å². The number of H-pyrrole nitrogens is 1. The lowest BCUT2D eigenvalue weighted by molar-refractivity contribution is 0.0695. The third kappa shape index (κ3) is 1.83. The zero-order valence-electron chi connectivity index (χ0n) is 8.28. The van der Waals surface area contributed by atoms with Crippen LogP contribution in [0.5, 0.6) is 0 Å². The maximum atomic E-state index is 13.5. The molecule has 0 atom stereocenters. The Hall–Kier alpha value is -2.08. The normalized spacial score (nSPS) is 10.5. The van der Waals surface area contributed by atoms with Crippen molar-refractivity contribution in [1.82, 2.24) is 9.78 Å². The molecule has 0 bridgehead atoms. The minimum Gasteiger partial charge on any atom is -0.477 e. The average molecular weight is 257 g/mol. The van der Waals surface area contributed by atoms with Gasteiger partial charge in [0.2, 0.25) is 0 Å². The molecule has 2 aromatic rings. The van der Waals surface area contributed by atoms with Gasteiger partial charge in [-0.2, -0.15) is 0 Å². The van der Waals surface area contributed by atoms with Crippen LogP contribution in [0.1, 0.15) is 10.4 Å². The number of carboxylic acid groups (broad SMARTS) is 1. The Morgan fingerprint density at radius 3 is 2.71 bits per heavy atom. The van der Waals surface area contributed by atoms with Gasteiger partial charge in [-0.3, -0.25) is 9.89 Å². The number of nitrogens with zero attached hydrogens (tertiary/aromatic N) is 1. The molecule has 0 aliphatic heterocycles.